The molecule has 0 bridgehead atoms. The van der Waals surface area contributed by atoms with Gasteiger partial charge in [0.2, 0.25) is 5.76 Å². The highest BCUT2D eigenvalue weighted by Gasteiger charge is 2.28. The Morgan fingerprint density at radius 3 is 2.54 bits per heavy atom. The molecule has 0 radical (unpaired) electrons. The van der Waals surface area contributed by atoms with Crippen LogP contribution in [0.1, 0.15) is 39.6 Å². The van der Waals surface area contributed by atoms with E-state index in [1.807, 2.05) is 0 Å². The fourth-order valence-corrected chi connectivity index (χ4v) is 2.71. The minimum Gasteiger partial charge on any atom is -0.475 e. The monoisotopic (exact) mass is 357 g/mol. The van der Waals surface area contributed by atoms with Gasteiger partial charge in [0.15, 0.2) is 0 Å². The van der Waals surface area contributed by atoms with Gasteiger partial charge >= 0.3 is 5.97 Å². The van der Waals surface area contributed by atoms with Crippen LogP contribution in [0, 0.1) is 5.82 Å². The molecule has 1 amide bonds. The van der Waals surface area contributed by atoms with Crippen LogP contribution in [0.15, 0.2) is 47.1 Å². The molecule has 0 aliphatic carbocycles. The lowest BCUT2D eigenvalue weighted by atomic mass is 10.0. The number of benzene rings is 1. The summed E-state index contributed by atoms with van der Waals surface area (Å²) in [5.41, 5.74) is 1.36. The number of carbonyl (C=O) groups is 2. The minimum absolute atomic E-state index is 0.215. The Morgan fingerprint density at radius 1 is 1.27 bits per heavy atom. The molecular formula is C18H16FN3O4. The number of aryl methyl sites for hydroxylation is 1. The Balaban J connectivity index is 1.98. The van der Waals surface area contributed by atoms with Crippen molar-refractivity contribution in [3.8, 4) is 11.3 Å². The summed E-state index contributed by atoms with van der Waals surface area (Å²) in [6.07, 6.45) is 1.73. The molecule has 0 saturated carbocycles. The van der Waals surface area contributed by atoms with Crippen LogP contribution in [0.3, 0.4) is 0 Å². The van der Waals surface area contributed by atoms with Gasteiger partial charge in [-0.2, -0.15) is 0 Å². The van der Waals surface area contributed by atoms with E-state index in [1.165, 1.54) is 24.3 Å². The van der Waals surface area contributed by atoms with Crippen molar-refractivity contribution in [3.63, 3.8) is 0 Å². The topological polar surface area (TPSA) is 97.4 Å². The Labute approximate surface area is 148 Å². The van der Waals surface area contributed by atoms with Gasteiger partial charge in [0.25, 0.3) is 5.91 Å². The lowest BCUT2D eigenvalue weighted by Crippen LogP contribution is -2.29. The number of nitrogens with zero attached hydrogens (tertiary/aromatic N) is 2. The van der Waals surface area contributed by atoms with E-state index in [9.17, 15) is 19.1 Å². The van der Waals surface area contributed by atoms with Crippen LogP contribution in [0.5, 0.6) is 0 Å². The van der Waals surface area contributed by atoms with Crippen molar-refractivity contribution in [1.29, 1.82) is 0 Å². The lowest BCUT2D eigenvalue weighted by molar-refractivity contribution is 0.0648. The van der Waals surface area contributed by atoms with Crippen LogP contribution in [0.4, 0.5) is 4.39 Å². The van der Waals surface area contributed by atoms with Crippen LogP contribution in [0.25, 0.3) is 11.3 Å². The van der Waals surface area contributed by atoms with Gasteiger partial charge in [-0.25, -0.2) is 9.18 Å². The molecule has 0 saturated heterocycles. The van der Waals surface area contributed by atoms with Gasteiger partial charge in [-0.05, 0) is 43.3 Å². The SMILES string of the molecule is CC(NC(=O)c1cccn1C)c1c(-c2ccc(F)cc2)noc1C(=O)O. The molecule has 8 heteroatoms. The third kappa shape index (κ3) is 3.21. The molecule has 26 heavy (non-hydrogen) atoms. The van der Waals surface area contributed by atoms with Crippen molar-refractivity contribution >= 4 is 11.9 Å². The third-order valence-corrected chi connectivity index (χ3v) is 4.00. The van der Waals surface area contributed by atoms with Gasteiger partial charge in [-0.3, -0.25) is 4.79 Å². The van der Waals surface area contributed by atoms with Crippen LogP contribution in [0.2, 0.25) is 0 Å². The predicted molar refractivity (Wildman–Crippen MR) is 90.2 cm³/mol. The number of hydrogen-bond acceptors (Lipinski definition) is 4. The molecule has 0 aliphatic rings. The molecule has 0 fully saturated rings. The van der Waals surface area contributed by atoms with Crippen LogP contribution in [-0.4, -0.2) is 26.7 Å². The molecule has 1 atom stereocenters. The summed E-state index contributed by atoms with van der Waals surface area (Å²) >= 11 is 0. The molecule has 7 nitrogen and oxygen atoms in total. The molecule has 134 valence electrons. The van der Waals surface area contributed by atoms with Gasteiger partial charge < -0.3 is 19.5 Å². The number of aromatic carboxylic acids is 1. The van der Waals surface area contributed by atoms with E-state index in [2.05, 4.69) is 10.5 Å². The standard InChI is InChI=1S/C18H16FN3O4/c1-10(20-17(23)13-4-3-9-22(13)2)14-15(21-26-16(14)18(24)25)11-5-7-12(19)8-6-11/h3-10H,1-2H3,(H,20,23)(H,24,25). The number of carboxylic acids is 1. The maximum Gasteiger partial charge on any atom is 0.375 e. The number of carboxylic acid groups (broad SMARTS) is 1. The largest absolute Gasteiger partial charge is 0.475 e. The highest BCUT2D eigenvalue weighted by atomic mass is 19.1. The Morgan fingerprint density at radius 2 is 1.96 bits per heavy atom. The van der Waals surface area contributed by atoms with Gasteiger partial charge in [-0.15, -0.1) is 0 Å². The lowest BCUT2D eigenvalue weighted by Gasteiger charge is -2.15. The summed E-state index contributed by atoms with van der Waals surface area (Å²) in [4.78, 5) is 23.9. The Bertz CT molecular complexity index is 959. The molecule has 0 spiro atoms. The first kappa shape index (κ1) is 17.4. The summed E-state index contributed by atoms with van der Waals surface area (Å²) in [5, 5.41) is 15.9. The van der Waals surface area contributed by atoms with Crippen LogP contribution >= 0.6 is 0 Å². The fourth-order valence-electron chi connectivity index (χ4n) is 2.71. The van der Waals surface area contributed by atoms with Crippen molar-refractivity contribution in [1.82, 2.24) is 15.0 Å². The molecule has 3 rings (SSSR count). The molecule has 1 unspecified atom stereocenters. The van der Waals surface area contributed by atoms with Crippen molar-refractivity contribution in [2.75, 3.05) is 0 Å². The number of aromatic nitrogens is 2. The normalized spacial score (nSPS) is 12.0. The number of rotatable bonds is 5. The number of amides is 1. The number of hydrogen-bond donors (Lipinski definition) is 2. The summed E-state index contributed by atoms with van der Waals surface area (Å²) in [5.74, 6) is -2.47. The zero-order valence-corrected chi connectivity index (χ0v) is 14.1. The van der Waals surface area contributed by atoms with Gasteiger partial charge in [0.1, 0.15) is 17.2 Å². The zero-order valence-electron chi connectivity index (χ0n) is 14.1. The first-order valence-electron chi connectivity index (χ1n) is 7.79. The summed E-state index contributed by atoms with van der Waals surface area (Å²) in [7, 11) is 1.73. The molecule has 2 aromatic heterocycles. The summed E-state index contributed by atoms with van der Waals surface area (Å²) in [6, 6.07) is 8.08. The predicted octanol–water partition coefficient (Wildman–Crippen LogP) is 3.01. The number of nitrogens with one attached hydrogen (secondary N) is 1. The zero-order chi connectivity index (χ0) is 18.8. The highest BCUT2D eigenvalue weighted by Crippen LogP contribution is 2.31. The maximum atomic E-state index is 13.2. The number of carbonyl (C=O) groups excluding carboxylic acids is 1. The maximum absolute atomic E-state index is 13.2. The van der Waals surface area contributed by atoms with Crippen molar-refractivity contribution in [3.05, 3.63) is 65.4 Å². The van der Waals surface area contributed by atoms with Gasteiger partial charge in [0, 0.05) is 18.8 Å². The van der Waals surface area contributed by atoms with E-state index in [0.717, 1.165) is 0 Å². The summed E-state index contributed by atoms with van der Waals surface area (Å²) in [6.45, 7) is 1.63. The van der Waals surface area contributed by atoms with E-state index in [-0.39, 0.29) is 22.9 Å². The molecular weight excluding hydrogens is 341 g/mol. The molecule has 1 aromatic carbocycles. The van der Waals surface area contributed by atoms with Crippen molar-refractivity contribution in [2.24, 2.45) is 7.05 Å². The Hall–Kier alpha value is -3.42. The second-order valence-corrected chi connectivity index (χ2v) is 5.79. The minimum atomic E-state index is -1.30. The fraction of sp³-hybridized carbons (Fsp3) is 0.167. The van der Waals surface area contributed by atoms with Crippen LogP contribution in [-0.2, 0) is 7.05 Å². The van der Waals surface area contributed by atoms with E-state index >= 15 is 0 Å². The van der Waals surface area contributed by atoms with Gasteiger partial charge in [-0.1, -0.05) is 5.16 Å². The van der Waals surface area contributed by atoms with Crippen molar-refractivity contribution in [2.45, 2.75) is 13.0 Å². The average Bonchev–Trinajstić information content (AvgIpc) is 3.21. The summed E-state index contributed by atoms with van der Waals surface area (Å²) < 4.78 is 19.8. The molecule has 2 heterocycles. The van der Waals surface area contributed by atoms with Crippen LogP contribution < -0.4 is 5.32 Å². The molecule has 3 aromatic rings. The van der Waals surface area contributed by atoms with E-state index < -0.39 is 17.8 Å². The smallest absolute Gasteiger partial charge is 0.375 e. The van der Waals surface area contributed by atoms with E-state index in [1.54, 1.807) is 36.9 Å². The first-order chi connectivity index (χ1) is 12.4. The molecule has 2 N–H and O–H groups in total. The second-order valence-electron chi connectivity index (χ2n) is 5.79. The quantitative estimate of drug-likeness (QED) is 0.731. The number of halogens is 1. The van der Waals surface area contributed by atoms with Gasteiger partial charge in [0.05, 0.1) is 11.6 Å². The molecule has 0 aliphatic heterocycles. The Kier molecular flexibility index (Phi) is 4.57. The second kappa shape index (κ2) is 6.83. The van der Waals surface area contributed by atoms with E-state index in [0.29, 0.717) is 11.3 Å². The van der Waals surface area contributed by atoms with E-state index in [4.69, 9.17) is 4.52 Å². The first-order valence-corrected chi connectivity index (χ1v) is 7.79. The highest BCUT2D eigenvalue weighted by molar-refractivity contribution is 5.94. The average molecular weight is 357 g/mol. The van der Waals surface area contributed by atoms with Crippen molar-refractivity contribution < 1.29 is 23.6 Å². The third-order valence-electron chi connectivity index (χ3n) is 4.00.